The average molecular weight is 1000 g/mol. The third-order valence-corrected chi connectivity index (χ3v) is 22.3. The van der Waals surface area contributed by atoms with Crippen molar-refractivity contribution in [3.8, 4) is 5.88 Å². The lowest BCUT2D eigenvalue weighted by Crippen LogP contribution is -2.59. The van der Waals surface area contributed by atoms with Crippen molar-refractivity contribution in [2.75, 3.05) is 20.8 Å². The fraction of sp³-hybridized carbons (Fsp3) is 0.754. The third-order valence-electron chi connectivity index (χ3n) is 18.9. The molecular formula is C57H97ClN2O8Si. The van der Waals surface area contributed by atoms with Crippen molar-refractivity contribution in [2.45, 2.75) is 167 Å². The van der Waals surface area contributed by atoms with Gasteiger partial charge in [0.05, 0.1) is 11.0 Å². The molecule has 2 rings (SSSR count). The van der Waals surface area contributed by atoms with Gasteiger partial charge < -0.3 is 28.4 Å². The standard InChI is InChI=1S/C57H97ClN2O8Si/c1-21-35(4)37(6)39(8)45(14)47(16)57(18,48(17)46(15)44(13)43(12)42(11)41(10)40(9)38(7)36(5)34(2)3)68-69(65-19,66-20)30-22-29-59-55(62)50-26-23-49(24-27-50)25-28-52(58)51-31-53(56(63)64)60-54(32-51)67-33-61/h23-24,26-27,31-48,52H,21-22,25,28-30H2,1-20H3,(H,59,62)(H,63,64). The van der Waals surface area contributed by atoms with E-state index in [4.69, 9.17) is 29.6 Å². The molecule has 0 saturated heterocycles. The molecule has 0 spiro atoms. The van der Waals surface area contributed by atoms with Gasteiger partial charge in [-0.1, -0.05) is 136 Å². The zero-order valence-corrected chi connectivity index (χ0v) is 48.4. The number of aromatic nitrogens is 1. The molecule has 16 atom stereocenters. The molecule has 2 N–H and O–H groups in total. The molecule has 0 saturated carbocycles. The number of aryl methyl sites for hydroxylation is 1. The fourth-order valence-electron chi connectivity index (χ4n) is 11.0. The summed E-state index contributed by atoms with van der Waals surface area (Å²) in [5.41, 5.74) is 1.15. The van der Waals surface area contributed by atoms with Crippen LogP contribution in [0, 0.1) is 88.8 Å². The first-order valence-electron chi connectivity index (χ1n) is 26.4. The van der Waals surface area contributed by atoms with Crippen molar-refractivity contribution in [1.82, 2.24) is 10.3 Å². The van der Waals surface area contributed by atoms with Gasteiger partial charge >= 0.3 is 14.8 Å². The summed E-state index contributed by atoms with van der Waals surface area (Å²) >= 11 is 6.66. The van der Waals surface area contributed by atoms with E-state index >= 15 is 0 Å². The quantitative estimate of drug-likeness (QED) is 0.0318. The summed E-state index contributed by atoms with van der Waals surface area (Å²) < 4.78 is 25.2. The molecule has 69 heavy (non-hydrogen) atoms. The number of pyridine rings is 1. The van der Waals surface area contributed by atoms with Crippen LogP contribution >= 0.6 is 11.6 Å². The maximum Gasteiger partial charge on any atom is 0.500 e. The molecule has 0 aliphatic heterocycles. The van der Waals surface area contributed by atoms with E-state index in [2.05, 4.69) is 135 Å². The van der Waals surface area contributed by atoms with Crippen LogP contribution in [-0.2, 0) is 24.5 Å². The minimum absolute atomic E-state index is 0.127. The second-order valence-electron chi connectivity index (χ2n) is 22.2. The highest BCUT2D eigenvalue weighted by atomic mass is 35.5. The van der Waals surface area contributed by atoms with Gasteiger partial charge in [-0.15, -0.1) is 11.6 Å². The van der Waals surface area contributed by atoms with Crippen LogP contribution in [0.1, 0.15) is 181 Å². The normalized spacial score (nSPS) is 19.8. The van der Waals surface area contributed by atoms with Gasteiger partial charge in [0.1, 0.15) is 0 Å². The van der Waals surface area contributed by atoms with Crippen LogP contribution in [0.15, 0.2) is 36.4 Å². The Bertz CT molecular complexity index is 1860. The highest BCUT2D eigenvalue weighted by molar-refractivity contribution is 6.60. The Labute approximate surface area is 426 Å². The Morgan fingerprint density at radius 2 is 1.22 bits per heavy atom. The summed E-state index contributed by atoms with van der Waals surface area (Å²) in [6.07, 6.45) is 2.82. The van der Waals surface area contributed by atoms with Crippen LogP contribution in [0.3, 0.4) is 0 Å². The number of amides is 1. The number of hydrogen-bond donors (Lipinski definition) is 2. The Morgan fingerprint density at radius 1 is 0.739 bits per heavy atom. The van der Waals surface area contributed by atoms with E-state index in [0.29, 0.717) is 120 Å². The number of hydrogen-bond acceptors (Lipinski definition) is 8. The van der Waals surface area contributed by atoms with Gasteiger partial charge in [0.15, 0.2) is 5.69 Å². The monoisotopic (exact) mass is 1000 g/mol. The summed E-state index contributed by atoms with van der Waals surface area (Å²) in [5, 5.41) is 12.0. The summed E-state index contributed by atoms with van der Waals surface area (Å²) in [6.45, 7) is 44.2. The number of nitrogens with zero attached hydrogens (tertiary/aromatic N) is 1. The van der Waals surface area contributed by atoms with Gasteiger partial charge in [0, 0.05) is 38.4 Å². The number of aromatic carboxylic acids is 1. The molecule has 16 unspecified atom stereocenters. The molecule has 0 radical (unpaired) electrons. The van der Waals surface area contributed by atoms with Crippen molar-refractivity contribution >= 4 is 38.8 Å². The Hall–Kier alpha value is -2.83. The molecule has 0 aliphatic carbocycles. The summed E-state index contributed by atoms with van der Waals surface area (Å²) in [6, 6.07) is 10.8. The Morgan fingerprint density at radius 3 is 1.67 bits per heavy atom. The number of benzene rings is 1. The van der Waals surface area contributed by atoms with E-state index in [-0.39, 0.29) is 35.8 Å². The van der Waals surface area contributed by atoms with Gasteiger partial charge in [-0.25, -0.2) is 9.78 Å². The average Bonchev–Trinajstić information content (AvgIpc) is 3.35. The first-order chi connectivity index (χ1) is 32.2. The van der Waals surface area contributed by atoms with E-state index in [1.807, 2.05) is 12.1 Å². The highest BCUT2D eigenvalue weighted by Crippen LogP contribution is 2.49. The molecule has 1 aromatic carbocycles. The lowest BCUT2D eigenvalue weighted by Gasteiger charge is -2.52. The number of carbonyl (C=O) groups is 3. The fourth-order valence-corrected chi connectivity index (χ4v) is 13.7. The molecule has 1 heterocycles. The first kappa shape index (κ1) is 62.3. The van der Waals surface area contributed by atoms with Crippen molar-refractivity contribution in [2.24, 2.45) is 88.8 Å². The number of ether oxygens (including phenoxy) is 1. The van der Waals surface area contributed by atoms with Crippen LogP contribution in [0.2, 0.25) is 6.04 Å². The molecule has 12 heteroatoms. The van der Waals surface area contributed by atoms with Gasteiger partial charge in [-0.05, 0) is 144 Å². The van der Waals surface area contributed by atoms with E-state index < -0.39 is 25.8 Å². The largest absolute Gasteiger partial charge is 0.500 e. The minimum Gasteiger partial charge on any atom is -0.477 e. The predicted octanol–water partition coefficient (Wildman–Crippen LogP) is 14.3. The van der Waals surface area contributed by atoms with E-state index in [0.717, 1.165) is 12.0 Å². The molecular weight excluding hydrogens is 904 g/mol. The maximum atomic E-state index is 13.4. The van der Waals surface area contributed by atoms with Crippen LogP contribution < -0.4 is 10.1 Å². The number of carboxylic acids is 1. The topological polar surface area (TPSA) is 133 Å². The minimum atomic E-state index is -3.27. The lowest BCUT2D eigenvalue weighted by atomic mass is 9.61. The number of carboxylic acid groups (broad SMARTS) is 1. The number of nitrogens with one attached hydrogen (secondary N) is 1. The van der Waals surface area contributed by atoms with Crippen LogP contribution in [0.5, 0.6) is 5.88 Å². The van der Waals surface area contributed by atoms with Crippen molar-refractivity contribution < 1.29 is 37.5 Å². The van der Waals surface area contributed by atoms with Gasteiger partial charge in [0.25, 0.3) is 12.4 Å². The van der Waals surface area contributed by atoms with Crippen LogP contribution in [-0.4, -0.2) is 63.6 Å². The van der Waals surface area contributed by atoms with Crippen molar-refractivity contribution in [1.29, 1.82) is 0 Å². The third kappa shape index (κ3) is 16.6. The van der Waals surface area contributed by atoms with E-state index in [1.54, 1.807) is 26.4 Å². The molecule has 394 valence electrons. The van der Waals surface area contributed by atoms with Gasteiger partial charge in [-0.2, -0.15) is 0 Å². The van der Waals surface area contributed by atoms with Gasteiger partial charge in [-0.3, -0.25) is 9.59 Å². The first-order valence-corrected chi connectivity index (χ1v) is 28.7. The second kappa shape index (κ2) is 28.4. The van der Waals surface area contributed by atoms with E-state index in [9.17, 15) is 19.5 Å². The molecule has 0 bridgehead atoms. The van der Waals surface area contributed by atoms with Crippen molar-refractivity contribution in [3.63, 3.8) is 0 Å². The Balaban J connectivity index is 2.29. The van der Waals surface area contributed by atoms with Crippen LogP contribution in [0.25, 0.3) is 0 Å². The van der Waals surface area contributed by atoms with Gasteiger partial charge in [0.2, 0.25) is 5.88 Å². The predicted molar refractivity (Wildman–Crippen MR) is 286 cm³/mol. The van der Waals surface area contributed by atoms with Crippen molar-refractivity contribution in [3.05, 3.63) is 58.8 Å². The second-order valence-corrected chi connectivity index (χ2v) is 25.7. The SMILES string of the molecule is CCC(C)C(C)C(C)C(C)C(C)C(C)(O[Si](CCCNC(=O)c1ccc(CCC(Cl)c2cc(OC=O)nc(C(=O)O)c2)cc1)(OC)OC)C(C)C(C)C(C)C(C)C(C)C(C)C(C)C(C)C(C)C(C)C. The molecule has 2 aromatic rings. The number of alkyl halides is 1. The molecule has 10 nitrogen and oxygen atoms in total. The molecule has 1 aromatic heterocycles. The lowest BCUT2D eigenvalue weighted by molar-refractivity contribution is -0.121. The molecule has 0 fully saturated rings. The zero-order chi connectivity index (χ0) is 52.7. The number of halogens is 1. The highest BCUT2D eigenvalue weighted by Gasteiger charge is 2.53. The summed E-state index contributed by atoms with van der Waals surface area (Å²) in [5.74, 6) is 5.98. The summed E-state index contributed by atoms with van der Waals surface area (Å²) in [7, 11) is 0.170. The van der Waals surface area contributed by atoms with E-state index in [1.165, 1.54) is 12.1 Å². The Kier molecular flexibility index (Phi) is 25.7. The smallest absolute Gasteiger partial charge is 0.477 e. The zero-order valence-electron chi connectivity index (χ0n) is 46.7. The number of carbonyl (C=O) groups excluding carboxylic acids is 2. The maximum absolute atomic E-state index is 13.4. The molecule has 0 aliphatic rings. The number of rotatable bonds is 32. The summed E-state index contributed by atoms with van der Waals surface area (Å²) in [4.78, 5) is 39.7. The molecule has 1 amide bonds. The van der Waals surface area contributed by atoms with Crippen LogP contribution in [0.4, 0.5) is 0 Å².